The monoisotopic (exact) mass is 463 g/mol. The zero-order valence-corrected chi connectivity index (χ0v) is 18.7. The summed E-state index contributed by atoms with van der Waals surface area (Å²) in [5, 5.41) is 16.1. The van der Waals surface area contributed by atoms with E-state index in [1.807, 2.05) is 24.3 Å². The fourth-order valence-corrected chi connectivity index (χ4v) is 5.24. The number of halogens is 2. The molecule has 2 aliphatic heterocycles. The highest BCUT2D eigenvalue weighted by Gasteiger charge is 2.29. The molecule has 0 radical (unpaired) electrons. The average molecular weight is 464 g/mol. The Hall–Kier alpha value is -3.00. The molecule has 8 heteroatoms. The number of aromatic hydroxyl groups is 1. The van der Waals surface area contributed by atoms with Crippen LogP contribution in [0.2, 0.25) is 5.02 Å². The number of nitrogens with one attached hydrogen (secondary N) is 1. The summed E-state index contributed by atoms with van der Waals surface area (Å²) in [5.41, 5.74) is 1.01. The van der Waals surface area contributed by atoms with Gasteiger partial charge < -0.3 is 15.3 Å². The Morgan fingerprint density at radius 1 is 1.00 bits per heavy atom. The molecule has 4 aromatic rings. The summed E-state index contributed by atoms with van der Waals surface area (Å²) >= 11 is 6.69. The Balaban J connectivity index is 1.44. The SMILES string of the molecule is Oc1cc(-c2c(Cl)cc3c(N4CCN(C5CNC5)CC4)ncnc3c2F)c2ccccc2c1. The zero-order chi connectivity index (χ0) is 22.5. The van der Waals surface area contributed by atoms with Gasteiger partial charge >= 0.3 is 0 Å². The maximum Gasteiger partial charge on any atom is 0.158 e. The lowest BCUT2D eigenvalue weighted by atomic mass is 9.96. The predicted octanol–water partition coefficient (Wildman–Crippen LogP) is 4.04. The highest BCUT2D eigenvalue weighted by Crippen LogP contribution is 2.41. The van der Waals surface area contributed by atoms with E-state index in [0.29, 0.717) is 22.8 Å². The third-order valence-corrected chi connectivity index (χ3v) is 7.10. The van der Waals surface area contributed by atoms with Crippen LogP contribution < -0.4 is 10.2 Å². The van der Waals surface area contributed by atoms with Crippen molar-refractivity contribution in [1.29, 1.82) is 0 Å². The molecule has 0 atom stereocenters. The van der Waals surface area contributed by atoms with Crippen molar-refractivity contribution in [2.45, 2.75) is 6.04 Å². The number of rotatable bonds is 3. The first-order valence-corrected chi connectivity index (χ1v) is 11.5. The molecule has 6 nitrogen and oxygen atoms in total. The minimum absolute atomic E-state index is 0.0576. The van der Waals surface area contributed by atoms with Crippen molar-refractivity contribution in [3.63, 3.8) is 0 Å². The fraction of sp³-hybridized carbons (Fsp3) is 0.280. The van der Waals surface area contributed by atoms with E-state index in [0.717, 1.165) is 50.0 Å². The number of benzene rings is 3. The topological polar surface area (TPSA) is 64.5 Å². The molecule has 3 aromatic carbocycles. The van der Waals surface area contributed by atoms with Crippen LogP contribution in [0.25, 0.3) is 32.8 Å². The van der Waals surface area contributed by atoms with Crippen LogP contribution in [-0.4, -0.2) is 65.3 Å². The molecule has 0 amide bonds. The molecule has 0 bridgehead atoms. The summed E-state index contributed by atoms with van der Waals surface area (Å²) in [7, 11) is 0. The number of phenols is 1. The Bertz CT molecular complexity index is 1370. The molecule has 0 aliphatic carbocycles. The second kappa shape index (κ2) is 8.09. The highest BCUT2D eigenvalue weighted by molar-refractivity contribution is 6.35. The van der Waals surface area contributed by atoms with Crippen LogP contribution in [-0.2, 0) is 0 Å². The van der Waals surface area contributed by atoms with Crippen molar-refractivity contribution >= 4 is 39.1 Å². The van der Waals surface area contributed by atoms with E-state index in [-0.39, 0.29) is 21.9 Å². The van der Waals surface area contributed by atoms with Gasteiger partial charge in [-0.25, -0.2) is 14.4 Å². The fourth-order valence-electron chi connectivity index (χ4n) is 4.95. The first-order valence-electron chi connectivity index (χ1n) is 11.1. The number of piperazine rings is 1. The van der Waals surface area contributed by atoms with Gasteiger partial charge in [-0.2, -0.15) is 0 Å². The number of hydrogen-bond acceptors (Lipinski definition) is 6. The van der Waals surface area contributed by atoms with Crippen LogP contribution in [0.15, 0.2) is 48.8 Å². The van der Waals surface area contributed by atoms with Gasteiger partial charge in [0.05, 0.1) is 5.02 Å². The molecule has 33 heavy (non-hydrogen) atoms. The molecule has 0 spiro atoms. The number of phenolic OH excluding ortho intramolecular Hbond substituents is 1. The summed E-state index contributed by atoms with van der Waals surface area (Å²) in [6.07, 6.45) is 1.42. The molecule has 2 fully saturated rings. The number of fused-ring (bicyclic) bond motifs is 2. The maximum absolute atomic E-state index is 16.0. The molecule has 6 rings (SSSR count). The van der Waals surface area contributed by atoms with E-state index in [9.17, 15) is 5.11 Å². The Morgan fingerprint density at radius 2 is 1.79 bits per heavy atom. The molecular weight excluding hydrogens is 441 g/mol. The van der Waals surface area contributed by atoms with E-state index < -0.39 is 5.82 Å². The van der Waals surface area contributed by atoms with E-state index >= 15 is 4.39 Å². The molecule has 0 unspecified atom stereocenters. The van der Waals surface area contributed by atoms with Crippen LogP contribution in [0.1, 0.15) is 0 Å². The van der Waals surface area contributed by atoms with Crippen LogP contribution in [0.5, 0.6) is 5.75 Å². The Kier molecular flexibility index (Phi) is 5.05. The van der Waals surface area contributed by atoms with Crippen molar-refractivity contribution < 1.29 is 9.50 Å². The van der Waals surface area contributed by atoms with Crippen LogP contribution in [0, 0.1) is 5.82 Å². The normalized spacial score (nSPS) is 17.6. The quantitative estimate of drug-likeness (QED) is 0.478. The zero-order valence-electron chi connectivity index (χ0n) is 17.9. The second-order valence-corrected chi connectivity index (χ2v) is 9.10. The van der Waals surface area contributed by atoms with Crippen molar-refractivity contribution in [1.82, 2.24) is 20.2 Å². The van der Waals surface area contributed by atoms with Crippen molar-refractivity contribution in [3.05, 3.63) is 59.6 Å². The highest BCUT2D eigenvalue weighted by atomic mass is 35.5. The van der Waals surface area contributed by atoms with E-state index in [1.165, 1.54) is 6.33 Å². The van der Waals surface area contributed by atoms with Crippen molar-refractivity contribution in [3.8, 4) is 16.9 Å². The minimum atomic E-state index is -0.504. The number of nitrogens with zero attached hydrogens (tertiary/aromatic N) is 4. The first kappa shape index (κ1) is 20.6. The predicted molar refractivity (Wildman–Crippen MR) is 130 cm³/mol. The maximum atomic E-state index is 16.0. The molecular formula is C25H23ClFN5O. The summed E-state index contributed by atoms with van der Waals surface area (Å²) in [6.45, 7) is 5.62. The molecule has 2 saturated heterocycles. The van der Waals surface area contributed by atoms with Crippen LogP contribution in [0.3, 0.4) is 0 Å². The standard InChI is InChI=1S/C25H23ClFN5O/c26-21-11-20-24(23(27)22(21)19-10-17(33)9-15-3-1-2-4-18(15)19)29-14-30-25(20)32-7-5-31(6-8-32)16-12-28-13-16/h1-4,9-11,14,16,28,33H,5-8,12-13H2. The number of anilines is 1. The summed E-state index contributed by atoms with van der Waals surface area (Å²) in [4.78, 5) is 13.5. The average Bonchev–Trinajstić information content (AvgIpc) is 2.78. The lowest BCUT2D eigenvalue weighted by Gasteiger charge is -2.43. The van der Waals surface area contributed by atoms with E-state index in [1.54, 1.807) is 18.2 Å². The lowest BCUT2D eigenvalue weighted by Crippen LogP contribution is -2.61. The number of aromatic nitrogens is 2. The summed E-state index contributed by atoms with van der Waals surface area (Å²) in [6, 6.07) is 13.1. The lowest BCUT2D eigenvalue weighted by molar-refractivity contribution is 0.138. The van der Waals surface area contributed by atoms with Gasteiger partial charge in [-0.3, -0.25) is 4.90 Å². The molecule has 168 valence electrons. The Morgan fingerprint density at radius 3 is 2.55 bits per heavy atom. The van der Waals surface area contributed by atoms with Gasteiger partial charge in [-0.05, 0) is 34.5 Å². The molecule has 1 aromatic heterocycles. The largest absolute Gasteiger partial charge is 0.508 e. The molecule has 3 heterocycles. The third-order valence-electron chi connectivity index (χ3n) is 6.81. The summed E-state index contributed by atoms with van der Waals surface area (Å²) < 4.78 is 16.0. The Labute approximate surface area is 195 Å². The van der Waals surface area contributed by atoms with Gasteiger partial charge in [-0.15, -0.1) is 0 Å². The third kappa shape index (κ3) is 3.47. The minimum Gasteiger partial charge on any atom is -0.508 e. The first-order chi connectivity index (χ1) is 16.1. The van der Waals surface area contributed by atoms with Gasteiger partial charge in [0.15, 0.2) is 5.82 Å². The van der Waals surface area contributed by atoms with Gasteiger partial charge in [0.1, 0.15) is 23.4 Å². The van der Waals surface area contributed by atoms with Crippen molar-refractivity contribution in [2.75, 3.05) is 44.2 Å². The summed E-state index contributed by atoms with van der Waals surface area (Å²) in [5.74, 6) is 0.262. The molecule has 0 saturated carbocycles. The van der Waals surface area contributed by atoms with Crippen LogP contribution >= 0.6 is 11.6 Å². The van der Waals surface area contributed by atoms with E-state index in [4.69, 9.17) is 11.6 Å². The van der Waals surface area contributed by atoms with Gasteiger partial charge in [-0.1, -0.05) is 35.9 Å². The van der Waals surface area contributed by atoms with Crippen molar-refractivity contribution in [2.24, 2.45) is 0 Å². The van der Waals surface area contributed by atoms with Gasteiger partial charge in [0.25, 0.3) is 0 Å². The van der Waals surface area contributed by atoms with Gasteiger partial charge in [0, 0.05) is 56.3 Å². The molecule has 2 aliphatic rings. The number of hydrogen-bond donors (Lipinski definition) is 2. The van der Waals surface area contributed by atoms with Gasteiger partial charge in [0.2, 0.25) is 0 Å². The van der Waals surface area contributed by atoms with E-state index in [2.05, 4.69) is 25.1 Å². The smallest absolute Gasteiger partial charge is 0.158 e. The molecule has 2 N–H and O–H groups in total. The van der Waals surface area contributed by atoms with Crippen LogP contribution in [0.4, 0.5) is 10.2 Å². The second-order valence-electron chi connectivity index (χ2n) is 8.69.